The first-order chi connectivity index (χ1) is 9.54. The molecule has 20 heavy (non-hydrogen) atoms. The summed E-state index contributed by atoms with van der Waals surface area (Å²) in [7, 11) is -2.52. The number of hydrogen-bond donors (Lipinski definition) is 1. The molecular formula is C10H14N2O4S4. The van der Waals surface area contributed by atoms with Gasteiger partial charge in [-0.2, -0.15) is 23.5 Å². The van der Waals surface area contributed by atoms with Crippen LogP contribution in [0.15, 0.2) is 9.72 Å². The molecule has 0 spiro atoms. The molecular weight excluding hydrogens is 340 g/mol. The topological polar surface area (TPSA) is 85.4 Å². The quantitative estimate of drug-likeness (QED) is 0.791. The predicted octanol–water partition coefficient (Wildman–Crippen LogP) is 1.06. The molecule has 0 bridgehead atoms. The van der Waals surface area contributed by atoms with E-state index >= 15 is 0 Å². The van der Waals surface area contributed by atoms with Crippen molar-refractivity contribution in [2.45, 2.75) is 9.46 Å². The van der Waals surface area contributed by atoms with Crippen LogP contribution in [0.1, 0.15) is 10.5 Å². The van der Waals surface area contributed by atoms with E-state index in [1.54, 1.807) is 11.8 Å². The van der Waals surface area contributed by atoms with Gasteiger partial charge in [0.2, 0.25) is 0 Å². The molecule has 1 aromatic heterocycles. The Morgan fingerprint density at radius 1 is 1.55 bits per heavy atom. The van der Waals surface area contributed by atoms with E-state index in [0.29, 0.717) is 6.54 Å². The average molecular weight is 355 g/mol. The summed E-state index contributed by atoms with van der Waals surface area (Å²) in [6, 6.07) is 0. The first-order valence-electron chi connectivity index (χ1n) is 5.75. The van der Waals surface area contributed by atoms with Crippen LogP contribution in [0.3, 0.4) is 0 Å². The smallest absolute Gasteiger partial charge is 0.358 e. The van der Waals surface area contributed by atoms with Crippen molar-refractivity contribution in [3.63, 3.8) is 0 Å². The van der Waals surface area contributed by atoms with Crippen LogP contribution in [0.2, 0.25) is 0 Å². The first-order valence-corrected chi connectivity index (χ1v) is 10.3. The van der Waals surface area contributed by atoms with E-state index in [9.17, 15) is 13.2 Å². The molecule has 2 heterocycles. The van der Waals surface area contributed by atoms with Gasteiger partial charge in [0.05, 0.1) is 12.6 Å². The predicted molar refractivity (Wildman–Crippen MR) is 82.2 cm³/mol. The third-order valence-electron chi connectivity index (χ3n) is 2.54. The van der Waals surface area contributed by atoms with Crippen LogP contribution < -0.4 is 4.72 Å². The highest BCUT2D eigenvalue weighted by molar-refractivity contribution is 8.06. The number of aromatic nitrogens is 1. The molecule has 0 amide bonds. The molecule has 10 heteroatoms. The second kappa shape index (κ2) is 7.12. The Morgan fingerprint density at radius 3 is 3.00 bits per heavy atom. The number of nitrogens with one attached hydrogen (secondary N) is 1. The summed E-state index contributed by atoms with van der Waals surface area (Å²) in [5.41, 5.74) is 1.17. The fourth-order valence-corrected chi connectivity index (χ4v) is 6.56. The molecule has 1 saturated heterocycles. The molecule has 0 saturated carbocycles. The molecule has 0 aromatic carbocycles. The molecule has 1 aliphatic heterocycles. The summed E-state index contributed by atoms with van der Waals surface area (Å²) in [4.78, 5) is 15.2. The number of thioether (sulfide) groups is 2. The van der Waals surface area contributed by atoms with Crippen molar-refractivity contribution in [1.82, 2.24) is 9.71 Å². The molecule has 2 rings (SSSR count). The molecule has 0 radical (unpaired) electrons. The van der Waals surface area contributed by atoms with Crippen LogP contribution in [-0.2, 0) is 14.8 Å². The maximum Gasteiger partial charge on any atom is 0.358 e. The van der Waals surface area contributed by atoms with Crippen molar-refractivity contribution in [2.75, 3.05) is 30.9 Å². The summed E-state index contributed by atoms with van der Waals surface area (Å²) in [5, 5.41) is 0.262. The minimum absolute atomic E-state index is 0.0854. The summed E-state index contributed by atoms with van der Waals surface area (Å²) >= 11 is 4.50. The molecule has 6 nitrogen and oxygen atoms in total. The van der Waals surface area contributed by atoms with E-state index in [1.807, 2.05) is 11.8 Å². The van der Waals surface area contributed by atoms with Gasteiger partial charge in [-0.3, -0.25) is 0 Å². The Bertz CT molecular complexity index is 566. The van der Waals surface area contributed by atoms with Crippen LogP contribution in [0.5, 0.6) is 0 Å². The van der Waals surface area contributed by atoms with Gasteiger partial charge in [-0.1, -0.05) is 0 Å². The maximum atomic E-state index is 12.2. The Balaban J connectivity index is 2.06. The van der Waals surface area contributed by atoms with E-state index in [0.717, 1.165) is 28.6 Å². The number of methoxy groups -OCH3 is 1. The number of ether oxygens (including phenoxy) is 1. The number of hydrogen-bond acceptors (Lipinski definition) is 8. The maximum absolute atomic E-state index is 12.2. The minimum atomic E-state index is -3.72. The van der Waals surface area contributed by atoms with Crippen LogP contribution in [0.25, 0.3) is 0 Å². The lowest BCUT2D eigenvalue weighted by Gasteiger charge is -2.20. The Labute approximate surface area is 130 Å². The van der Waals surface area contributed by atoms with Crippen molar-refractivity contribution >= 4 is 50.9 Å². The summed E-state index contributed by atoms with van der Waals surface area (Å²) in [6.45, 7) is 0.360. The van der Waals surface area contributed by atoms with Gasteiger partial charge in [0, 0.05) is 29.1 Å². The molecule has 112 valence electrons. The summed E-state index contributed by atoms with van der Waals surface area (Å²) in [5.74, 6) is 2.33. The highest BCUT2D eigenvalue weighted by atomic mass is 32.2. The van der Waals surface area contributed by atoms with Crippen LogP contribution >= 0.6 is 34.9 Å². The van der Waals surface area contributed by atoms with Crippen molar-refractivity contribution in [1.29, 1.82) is 0 Å². The monoisotopic (exact) mass is 354 g/mol. The SMILES string of the molecule is COC(=O)c1ncsc1S(=O)(=O)NCC1CSCCS1. The fourth-order valence-electron chi connectivity index (χ4n) is 1.58. The van der Waals surface area contributed by atoms with Gasteiger partial charge >= 0.3 is 5.97 Å². The largest absolute Gasteiger partial charge is 0.464 e. The number of rotatable bonds is 5. The Hall–Kier alpha value is -0.290. The van der Waals surface area contributed by atoms with Gasteiger partial charge in [-0.05, 0) is 0 Å². The molecule has 1 aliphatic rings. The number of carbonyl (C=O) groups is 1. The van der Waals surface area contributed by atoms with Gasteiger partial charge in [-0.25, -0.2) is 22.9 Å². The lowest BCUT2D eigenvalue weighted by atomic mass is 10.5. The standard InChI is InChI=1S/C10H14N2O4S4/c1-16-9(13)8-10(19-6-11-8)20(14,15)12-4-7-5-17-2-3-18-7/h6-7,12H,2-5H2,1H3. The average Bonchev–Trinajstić information content (AvgIpc) is 2.96. The third kappa shape index (κ3) is 3.88. The van der Waals surface area contributed by atoms with Crippen molar-refractivity contribution in [3.05, 3.63) is 11.2 Å². The van der Waals surface area contributed by atoms with Crippen molar-refractivity contribution < 1.29 is 17.9 Å². The zero-order valence-corrected chi connectivity index (χ0v) is 14.0. The van der Waals surface area contributed by atoms with Crippen molar-refractivity contribution in [3.8, 4) is 0 Å². The molecule has 1 atom stereocenters. The molecule has 1 unspecified atom stereocenters. The van der Waals surface area contributed by atoms with Crippen LogP contribution in [-0.4, -0.2) is 55.5 Å². The molecule has 1 N–H and O–H groups in total. The lowest BCUT2D eigenvalue weighted by molar-refractivity contribution is 0.0590. The number of thiazole rings is 1. The summed E-state index contributed by atoms with van der Waals surface area (Å²) < 4.78 is 31.4. The lowest BCUT2D eigenvalue weighted by Crippen LogP contribution is -2.33. The van der Waals surface area contributed by atoms with Gasteiger partial charge in [0.25, 0.3) is 10.0 Å². The Kier molecular flexibility index (Phi) is 5.73. The highest BCUT2D eigenvalue weighted by Gasteiger charge is 2.27. The van der Waals surface area contributed by atoms with Crippen molar-refractivity contribution in [2.24, 2.45) is 0 Å². The first kappa shape index (κ1) is 16.1. The number of nitrogens with zero attached hydrogens (tertiary/aromatic N) is 1. The van der Waals surface area contributed by atoms with E-state index in [4.69, 9.17) is 0 Å². The zero-order valence-electron chi connectivity index (χ0n) is 10.7. The molecule has 0 aliphatic carbocycles. The van der Waals surface area contributed by atoms with E-state index in [2.05, 4.69) is 14.4 Å². The number of carbonyl (C=O) groups excluding carboxylic acids is 1. The van der Waals surface area contributed by atoms with E-state index < -0.39 is 16.0 Å². The van der Waals surface area contributed by atoms with Crippen LogP contribution in [0, 0.1) is 0 Å². The second-order valence-corrected chi connectivity index (χ2v) is 9.27. The van der Waals surface area contributed by atoms with Crippen LogP contribution in [0.4, 0.5) is 0 Å². The number of sulfonamides is 1. The van der Waals surface area contributed by atoms with Gasteiger partial charge in [0.15, 0.2) is 9.90 Å². The number of esters is 1. The molecule has 1 aromatic rings. The normalized spacial score (nSPS) is 19.8. The fraction of sp³-hybridized carbons (Fsp3) is 0.600. The van der Waals surface area contributed by atoms with Gasteiger partial charge in [-0.15, -0.1) is 11.3 Å². The van der Waals surface area contributed by atoms with E-state index in [-0.39, 0.29) is 15.2 Å². The zero-order chi connectivity index (χ0) is 14.6. The summed E-state index contributed by atoms with van der Waals surface area (Å²) in [6.07, 6.45) is 0. The van der Waals surface area contributed by atoms with Gasteiger partial charge in [0.1, 0.15) is 0 Å². The Morgan fingerprint density at radius 2 is 2.35 bits per heavy atom. The third-order valence-corrected chi connectivity index (χ3v) is 8.18. The van der Waals surface area contributed by atoms with E-state index in [1.165, 1.54) is 12.6 Å². The molecule has 1 fully saturated rings. The van der Waals surface area contributed by atoms with Gasteiger partial charge < -0.3 is 4.74 Å². The minimum Gasteiger partial charge on any atom is -0.464 e. The second-order valence-electron chi connectivity index (χ2n) is 3.90. The highest BCUT2D eigenvalue weighted by Crippen LogP contribution is 2.25.